The minimum Gasteiger partial charge on any atom is -0.385 e. The van der Waals surface area contributed by atoms with E-state index in [4.69, 9.17) is 11.6 Å². The van der Waals surface area contributed by atoms with Crippen LogP contribution in [0.25, 0.3) is 0 Å². The van der Waals surface area contributed by atoms with Crippen LogP contribution in [0.2, 0.25) is 5.02 Å². The van der Waals surface area contributed by atoms with Crippen molar-refractivity contribution in [1.29, 1.82) is 0 Å². The van der Waals surface area contributed by atoms with Gasteiger partial charge in [0.15, 0.2) is 0 Å². The second-order valence-corrected chi connectivity index (χ2v) is 8.79. The van der Waals surface area contributed by atoms with Gasteiger partial charge < -0.3 is 15.3 Å². The van der Waals surface area contributed by atoms with E-state index >= 15 is 0 Å². The van der Waals surface area contributed by atoms with Gasteiger partial charge in [0.25, 0.3) is 5.91 Å². The van der Waals surface area contributed by atoms with Crippen LogP contribution >= 0.6 is 11.6 Å². The smallest absolute Gasteiger partial charge is 0.324 e. The van der Waals surface area contributed by atoms with Crippen LogP contribution in [-0.2, 0) is 21.6 Å². The molecule has 2 heterocycles. The van der Waals surface area contributed by atoms with Gasteiger partial charge in [0.2, 0.25) is 5.91 Å². The third kappa shape index (κ3) is 4.79. The zero-order chi connectivity index (χ0) is 22.7. The minimum atomic E-state index is -1.01. The summed E-state index contributed by atoms with van der Waals surface area (Å²) in [6.45, 7) is 1.03. The second kappa shape index (κ2) is 9.30. The predicted octanol–water partition coefficient (Wildman–Crippen LogP) is 2.70. The zero-order valence-electron chi connectivity index (χ0n) is 17.7. The highest BCUT2D eigenvalue weighted by Gasteiger charge is 2.41. The third-order valence-electron chi connectivity index (χ3n) is 6.28. The first-order chi connectivity index (χ1) is 15.4. The normalized spacial score (nSPS) is 20.4. The highest BCUT2D eigenvalue weighted by atomic mass is 35.5. The van der Waals surface area contributed by atoms with E-state index in [2.05, 4.69) is 5.32 Å². The van der Waals surface area contributed by atoms with E-state index in [0.717, 1.165) is 11.1 Å². The van der Waals surface area contributed by atoms with E-state index in [1.807, 2.05) is 30.3 Å². The van der Waals surface area contributed by atoms with Crippen LogP contribution in [0.4, 0.5) is 4.79 Å². The molecule has 2 aromatic carbocycles. The summed E-state index contributed by atoms with van der Waals surface area (Å²) in [7, 11) is 0. The minimum absolute atomic E-state index is 0.0776. The number of hydrogen-bond acceptors (Lipinski definition) is 4. The number of carbonyl (C=O) groups excluding carboxylic acids is 3. The number of carbonyl (C=O) groups is 3. The summed E-state index contributed by atoms with van der Waals surface area (Å²) in [5.74, 6) is -0.569. The zero-order valence-corrected chi connectivity index (χ0v) is 18.4. The lowest BCUT2D eigenvalue weighted by Crippen LogP contribution is -2.47. The Hall–Kier alpha value is -2.90. The molecule has 0 unspecified atom stereocenters. The van der Waals surface area contributed by atoms with Crippen molar-refractivity contribution in [3.05, 3.63) is 70.7 Å². The largest absolute Gasteiger partial charge is 0.385 e. The van der Waals surface area contributed by atoms with Crippen molar-refractivity contribution in [2.75, 3.05) is 19.6 Å². The molecule has 0 aliphatic carbocycles. The maximum atomic E-state index is 12.8. The molecule has 7 nitrogen and oxygen atoms in total. The fourth-order valence-electron chi connectivity index (χ4n) is 4.29. The summed E-state index contributed by atoms with van der Waals surface area (Å²) in [5, 5.41) is 14.2. The van der Waals surface area contributed by atoms with Crippen molar-refractivity contribution in [3.63, 3.8) is 0 Å². The Kier molecular flexibility index (Phi) is 6.48. The number of urea groups is 1. The Bertz CT molecular complexity index is 988. The Morgan fingerprint density at radius 2 is 1.72 bits per heavy atom. The predicted molar refractivity (Wildman–Crippen MR) is 120 cm³/mol. The molecule has 32 heavy (non-hydrogen) atoms. The van der Waals surface area contributed by atoms with Gasteiger partial charge in [0, 0.05) is 24.7 Å². The maximum Gasteiger partial charge on any atom is 0.324 e. The van der Waals surface area contributed by atoms with Crippen LogP contribution < -0.4 is 5.32 Å². The monoisotopic (exact) mass is 455 g/mol. The van der Waals surface area contributed by atoms with Crippen LogP contribution in [0.5, 0.6) is 0 Å². The number of nitrogens with zero attached hydrogens (tertiary/aromatic N) is 2. The van der Waals surface area contributed by atoms with Gasteiger partial charge in [-0.3, -0.25) is 14.5 Å². The Labute approximate surface area is 192 Å². The highest BCUT2D eigenvalue weighted by Crippen LogP contribution is 2.33. The average Bonchev–Trinajstić information content (AvgIpc) is 3.06. The molecule has 0 saturated carbocycles. The summed E-state index contributed by atoms with van der Waals surface area (Å²) in [6, 6.07) is 15.4. The van der Waals surface area contributed by atoms with E-state index in [1.54, 1.807) is 29.2 Å². The van der Waals surface area contributed by atoms with E-state index in [1.165, 1.54) is 4.90 Å². The van der Waals surface area contributed by atoms with Gasteiger partial charge in [-0.15, -0.1) is 0 Å². The van der Waals surface area contributed by atoms with E-state index in [0.29, 0.717) is 37.4 Å². The first kappa shape index (κ1) is 22.3. The van der Waals surface area contributed by atoms with E-state index in [9.17, 15) is 19.5 Å². The van der Waals surface area contributed by atoms with Gasteiger partial charge in [-0.25, -0.2) is 4.79 Å². The van der Waals surface area contributed by atoms with Gasteiger partial charge in [-0.1, -0.05) is 54.1 Å². The number of likely N-dealkylation sites (tertiary alicyclic amines) is 1. The molecule has 2 aromatic rings. The van der Waals surface area contributed by atoms with Gasteiger partial charge in [0.05, 0.1) is 12.0 Å². The lowest BCUT2D eigenvalue weighted by atomic mass is 9.84. The molecule has 0 aromatic heterocycles. The van der Waals surface area contributed by atoms with Crippen LogP contribution in [-0.4, -0.2) is 58.4 Å². The summed E-state index contributed by atoms with van der Waals surface area (Å²) in [4.78, 5) is 40.6. The van der Waals surface area contributed by atoms with Crippen LogP contribution in [0.1, 0.15) is 30.4 Å². The molecule has 4 amide bonds. The topological polar surface area (TPSA) is 90.0 Å². The SMILES string of the molecule is O=C(C[C@H]1NC(=O)N(CCc2ccccc2)C1=O)N1CCC(O)(c2ccc(Cl)cc2)CC1. The van der Waals surface area contributed by atoms with Gasteiger partial charge in [0.1, 0.15) is 6.04 Å². The number of hydrogen-bond donors (Lipinski definition) is 2. The molecular formula is C24H26ClN3O4. The first-order valence-corrected chi connectivity index (χ1v) is 11.2. The van der Waals surface area contributed by atoms with Gasteiger partial charge in [-0.2, -0.15) is 0 Å². The first-order valence-electron chi connectivity index (χ1n) is 10.8. The molecule has 0 spiro atoms. The Morgan fingerprint density at radius 3 is 2.38 bits per heavy atom. The number of imide groups is 1. The number of aliphatic hydroxyl groups is 1. The fraction of sp³-hybridized carbons (Fsp3) is 0.375. The number of halogens is 1. The molecule has 8 heteroatoms. The number of rotatable bonds is 6. The van der Waals surface area contributed by atoms with Crippen molar-refractivity contribution < 1.29 is 19.5 Å². The molecule has 0 radical (unpaired) electrons. The Morgan fingerprint density at radius 1 is 1.06 bits per heavy atom. The van der Waals surface area contributed by atoms with Crippen molar-refractivity contribution in [2.24, 2.45) is 0 Å². The summed E-state index contributed by atoms with van der Waals surface area (Å²) in [6.07, 6.45) is 1.28. The molecule has 168 valence electrons. The van der Waals surface area contributed by atoms with Crippen molar-refractivity contribution >= 4 is 29.4 Å². The molecule has 4 rings (SSSR count). The molecule has 2 aliphatic heterocycles. The number of benzene rings is 2. The molecule has 1 atom stereocenters. The summed E-state index contributed by atoms with van der Waals surface area (Å²) in [5.41, 5.74) is 0.808. The van der Waals surface area contributed by atoms with Crippen LogP contribution in [0.15, 0.2) is 54.6 Å². The molecule has 2 saturated heterocycles. The average molecular weight is 456 g/mol. The molecular weight excluding hydrogens is 430 g/mol. The number of amides is 4. The number of piperidine rings is 1. The molecule has 2 fully saturated rings. The molecule has 0 bridgehead atoms. The quantitative estimate of drug-likeness (QED) is 0.655. The van der Waals surface area contributed by atoms with Gasteiger partial charge >= 0.3 is 6.03 Å². The highest BCUT2D eigenvalue weighted by molar-refractivity contribution is 6.30. The summed E-state index contributed by atoms with van der Waals surface area (Å²) < 4.78 is 0. The maximum absolute atomic E-state index is 12.8. The van der Waals surface area contributed by atoms with Crippen molar-refractivity contribution in [3.8, 4) is 0 Å². The summed E-state index contributed by atoms with van der Waals surface area (Å²) >= 11 is 5.93. The van der Waals surface area contributed by atoms with Crippen molar-refractivity contribution in [2.45, 2.75) is 37.3 Å². The van der Waals surface area contributed by atoms with Crippen LogP contribution in [0.3, 0.4) is 0 Å². The van der Waals surface area contributed by atoms with E-state index in [-0.39, 0.29) is 24.8 Å². The standard InChI is InChI=1S/C24H26ClN3O4/c25-19-8-6-18(7-9-19)24(32)11-14-27(15-12-24)21(29)16-20-22(30)28(23(31)26-20)13-10-17-4-2-1-3-5-17/h1-9,20,32H,10-16H2,(H,26,31)/t20-/m1/s1. The number of nitrogens with one attached hydrogen (secondary N) is 1. The third-order valence-corrected chi connectivity index (χ3v) is 6.53. The lowest BCUT2D eigenvalue weighted by molar-refractivity contribution is -0.139. The second-order valence-electron chi connectivity index (χ2n) is 8.35. The lowest BCUT2D eigenvalue weighted by Gasteiger charge is -2.38. The molecule has 2 aliphatic rings. The van der Waals surface area contributed by atoms with Gasteiger partial charge in [-0.05, 0) is 42.5 Å². The Balaban J connectivity index is 1.30. The van der Waals surface area contributed by atoms with Crippen LogP contribution in [0, 0.1) is 0 Å². The fourth-order valence-corrected chi connectivity index (χ4v) is 4.42. The van der Waals surface area contributed by atoms with Crippen molar-refractivity contribution in [1.82, 2.24) is 15.1 Å². The van der Waals surface area contributed by atoms with E-state index < -0.39 is 17.7 Å². The molecule has 2 N–H and O–H groups in total.